The summed E-state index contributed by atoms with van der Waals surface area (Å²) >= 11 is 5.92. The smallest absolute Gasteiger partial charge is 0.253 e. The number of carbonyl (C=O) groups excluding carboxylic acids is 1. The van der Waals surface area contributed by atoms with E-state index in [4.69, 9.17) is 16.1 Å². The van der Waals surface area contributed by atoms with Gasteiger partial charge in [0.25, 0.3) is 5.91 Å². The molecule has 1 aliphatic heterocycles. The van der Waals surface area contributed by atoms with Crippen LogP contribution in [-0.4, -0.2) is 65.4 Å². The summed E-state index contributed by atoms with van der Waals surface area (Å²) in [4.78, 5) is 26.0. The molecule has 1 saturated heterocycles. The Kier molecular flexibility index (Phi) is 6.59. The first kappa shape index (κ1) is 21.0. The molecule has 8 nitrogen and oxygen atoms in total. The van der Waals surface area contributed by atoms with Crippen molar-refractivity contribution in [3.63, 3.8) is 0 Å². The van der Waals surface area contributed by atoms with Gasteiger partial charge in [0.1, 0.15) is 7.11 Å². The number of amides is 1. The van der Waals surface area contributed by atoms with Gasteiger partial charge < -0.3 is 14.3 Å². The average Bonchev–Trinajstić information content (AvgIpc) is 3.27. The summed E-state index contributed by atoms with van der Waals surface area (Å²) in [6.45, 7) is 3.32. The van der Waals surface area contributed by atoms with E-state index in [1.54, 1.807) is 18.3 Å². The molecule has 1 aromatic heterocycles. The van der Waals surface area contributed by atoms with Gasteiger partial charge >= 0.3 is 0 Å². The SMILES string of the molecule is CO/N=C/c1ccc(C(=O)N2CCN(Cc3nc(-c4ccc(Cl)cc4)no3)CC2)cc1. The lowest BCUT2D eigenvalue weighted by atomic mass is 10.1. The van der Waals surface area contributed by atoms with Crippen LogP contribution in [0.15, 0.2) is 58.2 Å². The number of rotatable bonds is 6. The maximum absolute atomic E-state index is 12.8. The summed E-state index contributed by atoms with van der Waals surface area (Å²) in [5.41, 5.74) is 2.39. The summed E-state index contributed by atoms with van der Waals surface area (Å²) in [5.74, 6) is 1.12. The molecule has 1 aliphatic rings. The fraction of sp³-hybridized carbons (Fsp3) is 0.273. The predicted molar refractivity (Wildman–Crippen MR) is 117 cm³/mol. The molecule has 4 rings (SSSR count). The van der Waals surface area contributed by atoms with E-state index in [0.717, 1.165) is 24.2 Å². The minimum atomic E-state index is 0.0256. The Morgan fingerprint density at radius 2 is 1.84 bits per heavy atom. The number of hydrogen-bond acceptors (Lipinski definition) is 7. The Hall–Kier alpha value is -3.23. The van der Waals surface area contributed by atoms with Crippen molar-refractivity contribution in [1.29, 1.82) is 0 Å². The van der Waals surface area contributed by atoms with Gasteiger partial charge in [0.15, 0.2) is 0 Å². The Morgan fingerprint density at radius 3 is 2.52 bits per heavy atom. The number of aromatic nitrogens is 2. The molecular formula is C22H22ClN5O3. The number of piperazine rings is 1. The van der Waals surface area contributed by atoms with Crippen molar-refractivity contribution in [3.05, 3.63) is 70.6 Å². The molecule has 0 aliphatic carbocycles. The van der Waals surface area contributed by atoms with Crippen LogP contribution in [0.3, 0.4) is 0 Å². The first-order chi connectivity index (χ1) is 15.1. The van der Waals surface area contributed by atoms with Gasteiger partial charge in [-0.3, -0.25) is 9.69 Å². The van der Waals surface area contributed by atoms with Gasteiger partial charge in [0.2, 0.25) is 11.7 Å². The van der Waals surface area contributed by atoms with E-state index in [9.17, 15) is 4.79 Å². The van der Waals surface area contributed by atoms with Crippen LogP contribution in [-0.2, 0) is 11.4 Å². The highest BCUT2D eigenvalue weighted by Gasteiger charge is 2.23. The number of oxime groups is 1. The summed E-state index contributed by atoms with van der Waals surface area (Å²) in [5, 5.41) is 8.44. The molecule has 0 bridgehead atoms. The van der Waals surface area contributed by atoms with Crippen molar-refractivity contribution in [2.75, 3.05) is 33.3 Å². The van der Waals surface area contributed by atoms with Crippen LogP contribution in [0.25, 0.3) is 11.4 Å². The van der Waals surface area contributed by atoms with Crippen LogP contribution in [0.5, 0.6) is 0 Å². The van der Waals surface area contributed by atoms with Crippen LogP contribution in [0.2, 0.25) is 5.02 Å². The van der Waals surface area contributed by atoms with Crippen molar-refractivity contribution in [2.45, 2.75) is 6.54 Å². The monoisotopic (exact) mass is 439 g/mol. The Bertz CT molecular complexity index is 1040. The second-order valence-corrected chi connectivity index (χ2v) is 7.56. The maximum Gasteiger partial charge on any atom is 0.253 e. The largest absolute Gasteiger partial charge is 0.399 e. The molecule has 31 heavy (non-hydrogen) atoms. The Morgan fingerprint density at radius 1 is 1.13 bits per heavy atom. The number of halogens is 1. The minimum absolute atomic E-state index is 0.0256. The normalized spacial score (nSPS) is 14.8. The number of hydrogen-bond donors (Lipinski definition) is 0. The van der Waals surface area contributed by atoms with Gasteiger partial charge in [-0.1, -0.05) is 34.0 Å². The summed E-state index contributed by atoms with van der Waals surface area (Å²) in [6.07, 6.45) is 1.60. The first-order valence-electron chi connectivity index (χ1n) is 9.89. The second-order valence-electron chi connectivity index (χ2n) is 7.13. The number of benzene rings is 2. The van der Waals surface area contributed by atoms with Gasteiger partial charge in [-0.2, -0.15) is 4.98 Å². The molecule has 0 unspecified atom stereocenters. The van der Waals surface area contributed by atoms with Crippen molar-refractivity contribution < 1.29 is 14.2 Å². The molecule has 0 atom stereocenters. The topological polar surface area (TPSA) is 84.1 Å². The Labute approximate surface area is 185 Å². The first-order valence-corrected chi connectivity index (χ1v) is 10.3. The molecular weight excluding hydrogens is 418 g/mol. The van der Waals surface area contributed by atoms with Crippen LogP contribution in [0.1, 0.15) is 21.8 Å². The van der Waals surface area contributed by atoms with Crippen LogP contribution in [0, 0.1) is 0 Å². The van der Waals surface area contributed by atoms with E-state index >= 15 is 0 Å². The summed E-state index contributed by atoms with van der Waals surface area (Å²) < 4.78 is 5.40. The fourth-order valence-electron chi connectivity index (χ4n) is 3.34. The molecule has 1 amide bonds. The number of nitrogens with zero attached hydrogens (tertiary/aromatic N) is 5. The zero-order valence-electron chi connectivity index (χ0n) is 17.1. The lowest BCUT2D eigenvalue weighted by molar-refractivity contribution is 0.0615. The van der Waals surface area contributed by atoms with E-state index in [1.807, 2.05) is 41.3 Å². The zero-order chi connectivity index (χ0) is 21.6. The molecule has 9 heteroatoms. The van der Waals surface area contributed by atoms with Crippen LogP contribution >= 0.6 is 11.6 Å². The van der Waals surface area contributed by atoms with Crippen LogP contribution < -0.4 is 0 Å². The quantitative estimate of drug-likeness (QED) is 0.432. The van der Waals surface area contributed by atoms with Gasteiger partial charge in [-0.05, 0) is 42.0 Å². The van der Waals surface area contributed by atoms with Crippen molar-refractivity contribution in [1.82, 2.24) is 19.9 Å². The molecule has 3 aromatic rings. The minimum Gasteiger partial charge on any atom is -0.399 e. The van der Waals surface area contributed by atoms with E-state index in [1.165, 1.54) is 7.11 Å². The highest BCUT2D eigenvalue weighted by atomic mass is 35.5. The molecule has 2 heterocycles. The van der Waals surface area contributed by atoms with E-state index in [2.05, 4.69) is 25.0 Å². The fourth-order valence-corrected chi connectivity index (χ4v) is 3.47. The molecule has 160 valence electrons. The average molecular weight is 440 g/mol. The molecule has 0 N–H and O–H groups in total. The molecule has 0 saturated carbocycles. The molecule has 0 radical (unpaired) electrons. The highest BCUT2D eigenvalue weighted by molar-refractivity contribution is 6.30. The van der Waals surface area contributed by atoms with E-state index in [-0.39, 0.29) is 5.91 Å². The highest BCUT2D eigenvalue weighted by Crippen LogP contribution is 2.19. The summed E-state index contributed by atoms with van der Waals surface area (Å²) in [6, 6.07) is 14.6. The van der Waals surface area contributed by atoms with Gasteiger partial charge in [0, 0.05) is 42.3 Å². The van der Waals surface area contributed by atoms with Crippen molar-refractivity contribution >= 4 is 23.7 Å². The van der Waals surface area contributed by atoms with E-state index in [0.29, 0.717) is 41.9 Å². The number of carbonyl (C=O) groups is 1. The standard InChI is InChI=1S/C22H22ClN5O3/c1-30-24-14-16-2-4-18(5-3-16)22(29)28-12-10-27(11-13-28)15-20-25-21(26-31-20)17-6-8-19(23)9-7-17/h2-9,14H,10-13,15H2,1H3/b24-14+. The van der Waals surface area contributed by atoms with Crippen molar-refractivity contribution in [3.8, 4) is 11.4 Å². The van der Waals surface area contributed by atoms with Gasteiger partial charge in [-0.25, -0.2) is 0 Å². The predicted octanol–water partition coefficient (Wildman–Crippen LogP) is 3.33. The van der Waals surface area contributed by atoms with Gasteiger partial charge in [0.05, 0.1) is 12.8 Å². The zero-order valence-corrected chi connectivity index (χ0v) is 17.8. The lowest BCUT2D eigenvalue weighted by Gasteiger charge is -2.34. The Balaban J connectivity index is 1.30. The molecule has 1 fully saturated rings. The lowest BCUT2D eigenvalue weighted by Crippen LogP contribution is -2.48. The second kappa shape index (κ2) is 9.72. The van der Waals surface area contributed by atoms with Crippen molar-refractivity contribution in [2.24, 2.45) is 5.16 Å². The van der Waals surface area contributed by atoms with Crippen LogP contribution in [0.4, 0.5) is 0 Å². The van der Waals surface area contributed by atoms with Gasteiger partial charge in [-0.15, -0.1) is 0 Å². The van der Waals surface area contributed by atoms with E-state index < -0.39 is 0 Å². The summed E-state index contributed by atoms with van der Waals surface area (Å²) in [7, 11) is 1.49. The third kappa shape index (κ3) is 5.28. The third-order valence-electron chi connectivity index (χ3n) is 5.05. The maximum atomic E-state index is 12.8. The third-order valence-corrected chi connectivity index (χ3v) is 5.31. The molecule has 2 aromatic carbocycles. The molecule has 0 spiro atoms.